The first kappa shape index (κ1) is 45.0. The summed E-state index contributed by atoms with van der Waals surface area (Å²) < 4.78 is 22.8. The first-order valence-corrected chi connectivity index (χ1v) is 22.0. The number of hydrogen-bond donors (Lipinski definition) is 1. The van der Waals surface area contributed by atoms with E-state index < -0.39 is 11.9 Å². The summed E-state index contributed by atoms with van der Waals surface area (Å²) >= 11 is 19.6. The predicted molar refractivity (Wildman–Crippen MR) is 257 cm³/mol. The van der Waals surface area contributed by atoms with Gasteiger partial charge in [0.25, 0.3) is 0 Å². The zero-order chi connectivity index (χ0) is 44.6. The van der Waals surface area contributed by atoms with Gasteiger partial charge < -0.3 is 28.5 Å². The van der Waals surface area contributed by atoms with Gasteiger partial charge in [-0.25, -0.2) is 9.59 Å². The average molecular weight is 1010 g/mol. The summed E-state index contributed by atoms with van der Waals surface area (Å²) in [6, 6.07) is 49.7. The number of benzene rings is 6. The van der Waals surface area contributed by atoms with Crippen molar-refractivity contribution in [3.05, 3.63) is 210 Å². The van der Waals surface area contributed by atoms with Crippen LogP contribution < -0.4 is 9.47 Å². The third-order valence-electron chi connectivity index (χ3n) is 10.0. The lowest BCUT2D eigenvalue weighted by atomic mass is 10.1. The zero-order valence-corrected chi connectivity index (χ0v) is 39.0. The molecule has 6 aromatic carbocycles. The quantitative estimate of drug-likeness (QED) is 0.123. The van der Waals surface area contributed by atoms with Gasteiger partial charge in [-0.15, -0.1) is 0 Å². The number of esters is 1. The van der Waals surface area contributed by atoms with Crippen LogP contribution in [0.2, 0.25) is 10.0 Å². The number of hydrogen-bond acceptors (Lipinski definition) is 5. The second-order valence-electron chi connectivity index (χ2n) is 14.4. The molecule has 0 aliphatic heterocycles. The van der Waals surface area contributed by atoms with Gasteiger partial charge in [0, 0.05) is 52.9 Å². The summed E-state index contributed by atoms with van der Waals surface area (Å²) in [4.78, 5) is 23.7. The second kappa shape index (κ2) is 20.4. The van der Waals surface area contributed by atoms with E-state index in [9.17, 15) is 14.7 Å². The van der Waals surface area contributed by atoms with E-state index >= 15 is 0 Å². The van der Waals surface area contributed by atoms with Crippen LogP contribution in [0, 0.1) is 13.8 Å². The first-order valence-electron chi connectivity index (χ1n) is 19.6. The molecule has 0 spiro atoms. The summed E-state index contributed by atoms with van der Waals surface area (Å²) in [7, 11) is 1.37. The van der Waals surface area contributed by atoms with Crippen LogP contribution in [0.3, 0.4) is 0 Å². The molecule has 0 saturated heterocycles. The molecule has 1 N–H and O–H groups in total. The molecule has 0 amide bonds. The maximum absolute atomic E-state index is 12.2. The third-order valence-corrected chi connectivity index (χ3v) is 11.4. The van der Waals surface area contributed by atoms with E-state index in [0.29, 0.717) is 39.0 Å². The van der Waals surface area contributed by atoms with Crippen LogP contribution in [0.15, 0.2) is 167 Å². The number of carbonyl (C=O) groups is 2. The van der Waals surface area contributed by atoms with Crippen molar-refractivity contribution in [2.75, 3.05) is 7.11 Å². The van der Waals surface area contributed by atoms with Gasteiger partial charge in [-0.1, -0.05) is 116 Å². The molecule has 0 fully saturated rings. The Morgan fingerprint density at radius 2 is 0.984 bits per heavy atom. The van der Waals surface area contributed by atoms with E-state index in [0.717, 1.165) is 66.6 Å². The van der Waals surface area contributed by atoms with E-state index in [-0.39, 0.29) is 5.56 Å². The maximum atomic E-state index is 12.2. The number of aromatic carboxylic acids is 1. The van der Waals surface area contributed by atoms with E-state index in [4.69, 9.17) is 37.4 Å². The molecule has 8 aromatic rings. The van der Waals surface area contributed by atoms with Gasteiger partial charge in [-0.05, 0) is 122 Å². The second-order valence-corrected chi connectivity index (χ2v) is 17.1. The van der Waals surface area contributed by atoms with Crippen LogP contribution in [0.5, 0.6) is 11.5 Å². The summed E-state index contributed by atoms with van der Waals surface area (Å²) in [5, 5.41) is 10.7. The Morgan fingerprint density at radius 3 is 1.41 bits per heavy atom. The van der Waals surface area contributed by atoms with E-state index in [1.54, 1.807) is 24.3 Å². The molecule has 0 radical (unpaired) electrons. The van der Waals surface area contributed by atoms with Crippen molar-refractivity contribution in [2.45, 2.75) is 27.1 Å². The van der Waals surface area contributed by atoms with Crippen LogP contribution in [0.4, 0.5) is 0 Å². The van der Waals surface area contributed by atoms with Crippen molar-refractivity contribution in [3.8, 4) is 45.4 Å². The Balaban J connectivity index is 0.000000189. The number of halogens is 4. The minimum atomic E-state index is -0.983. The number of rotatable bonds is 12. The van der Waals surface area contributed by atoms with E-state index in [1.165, 1.54) is 7.11 Å². The molecule has 2 heterocycles. The fraction of sp³-hybridized carbons (Fsp3) is 0.0980. The Hall–Kier alpha value is -6.04. The van der Waals surface area contributed by atoms with Crippen molar-refractivity contribution in [2.24, 2.45) is 0 Å². The smallest absolute Gasteiger partial charge is 0.337 e. The molecular weight excluding hydrogens is 967 g/mol. The fourth-order valence-corrected chi connectivity index (χ4v) is 8.38. The molecule has 8 rings (SSSR count). The lowest BCUT2D eigenvalue weighted by molar-refractivity contribution is 0.0599. The highest BCUT2D eigenvalue weighted by Crippen LogP contribution is 2.38. The van der Waals surface area contributed by atoms with Crippen molar-refractivity contribution in [3.63, 3.8) is 0 Å². The number of methoxy groups -OCH3 is 1. The zero-order valence-electron chi connectivity index (χ0n) is 34.3. The highest BCUT2D eigenvalue weighted by atomic mass is 79.9. The van der Waals surface area contributed by atoms with Crippen LogP contribution in [0.25, 0.3) is 33.9 Å². The lowest BCUT2D eigenvalue weighted by Crippen LogP contribution is -2.05. The summed E-state index contributed by atoms with van der Waals surface area (Å²) in [5.41, 5.74) is 9.78. The highest BCUT2D eigenvalue weighted by Gasteiger charge is 2.19. The average Bonchev–Trinajstić information content (AvgIpc) is 3.87. The Morgan fingerprint density at radius 1 is 0.556 bits per heavy atom. The molecule has 0 unspecified atom stereocenters. The molecule has 318 valence electrons. The summed E-state index contributed by atoms with van der Waals surface area (Å²) in [6.07, 6.45) is 0. The fourth-order valence-electron chi connectivity index (χ4n) is 7.08. The number of nitrogens with zero attached hydrogens (tertiary/aromatic N) is 2. The topological polar surface area (TPSA) is 91.9 Å². The standard InChI is InChI=1S/C26H21BrClNO3.C25H19BrClNO3/c1-17-8-10-24(29(17)22-13-19(26(30)31-2)12-20(27)14-22)23-15-21(28)9-11-25(23)32-16-18-6-4-3-5-7-18;1-16-7-9-23(28(16)21-12-18(25(29)30)11-19(26)13-21)22-14-20(27)8-10-24(22)31-15-17-5-3-2-4-6-17/h3-15H,16H2,1-2H3;2-14H,15H2,1H3,(H,29,30). The third kappa shape index (κ3) is 11.0. The summed E-state index contributed by atoms with van der Waals surface area (Å²) in [6.45, 7) is 4.85. The van der Waals surface area contributed by atoms with Crippen molar-refractivity contribution in [1.82, 2.24) is 9.13 Å². The van der Waals surface area contributed by atoms with Crippen molar-refractivity contribution < 1.29 is 28.9 Å². The SMILES string of the molecule is COC(=O)c1cc(Br)cc(-n2c(C)ccc2-c2cc(Cl)ccc2OCc2ccccc2)c1.Cc1ccc(-c2cc(Cl)ccc2OCc2ccccc2)n1-c1cc(Br)cc(C(=O)O)c1. The number of ether oxygens (including phenoxy) is 3. The molecule has 0 bridgehead atoms. The van der Waals surface area contributed by atoms with Gasteiger partial charge in [0.2, 0.25) is 0 Å². The number of aryl methyl sites for hydroxylation is 2. The molecule has 0 saturated carbocycles. The Bertz CT molecular complexity index is 2910. The Labute approximate surface area is 392 Å². The molecular formula is C51H40Br2Cl2N2O6. The van der Waals surface area contributed by atoms with Crippen LogP contribution >= 0.6 is 55.1 Å². The normalized spacial score (nSPS) is 10.8. The van der Waals surface area contributed by atoms with Crippen LogP contribution in [-0.2, 0) is 18.0 Å². The van der Waals surface area contributed by atoms with Crippen molar-refractivity contribution >= 4 is 67.0 Å². The largest absolute Gasteiger partial charge is 0.488 e. The number of carbonyl (C=O) groups excluding carboxylic acids is 1. The molecule has 8 nitrogen and oxygen atoms in total. The predicted octanol–water partition coefficient (Wildman–Crippen LogP) is 14.4. The minimum absolute atomic E-state index is 0.204. The summed E-state index contributed by atoms with van der Waals surface area (Å²) in [5.74, 6) is 0.0407. The van der Waals surface area contributed by atoms with Gasteiger partial charge in [-0.3, -0.25) is 0 Å². The molecule has 12 heteroatoms. The molecule has 0 aliphatic rings. The first-order chi connectivity index (χ1) is 30.4. The van der Waals surface area contributed by atoms with Crippen LogP contribution in [-0.4, -0.2) is 33.3 Å². The van der Waals surface area contributed by atoms with Gasteiger partial charge in [0.15, 0.2) is 0 Å². The van der Waals surface area contributed by atoms with Gasteiger partial charge >= 0.3 is 11.9 Å². The van der Waals surface area contributed by atoms with Crippen LogP contribution in [0.1, 0.15) is 43.2 Å². The molecule has 2 aromatic heterocycles. The van der Waals surface area contributed by atoms with Crippen molar-refractivity contribution in [1.29, 1.82) is 0 Å². The number of carboxylic acids is 1. The highest BCUT2D eigenvalue weighted by molar-refractivity contribution is 9.10. The van der Waals surface area contributed by atoms with Gasteiger partial charge in [0.1, 0.15) is 24.7 Å². The maximum Gasteiger partial charge on any atom is 0.337 e. The Kier molecular flexibility index (Phi) is 14.6. The van der Waals surface area contributed by atoms with E-state index in [2.05, 4.69) is 36.4 Å². The lowest BCUT2D eigenvalue weighted by Gasteiger charge is -2.17. The number of aromatic nitrogens is 2. The van der Waals surface area contributed by atoms with Gasteiger partial charge in [-0.2, -0.15) is 0 Å². The molecule has 0 aliphatic carbocycles. The van der Waals surface area contributed by atoms with Gasteiger partial charge in [0.05, 0.1) is 29.6 Å². The molecule has 63 heavy (non-hydrogen) atoms. The number of carboxylic acid groups (broad SMARTS) is 1. The monoisotopic (exact) mass is 1000 g/mol. The van der Waals surface area contributed by atoms with E-state index in [1.807, 2.05) is 152 Å². The minimum Gasteiger partial charge on any atom is -0.488 e. The molecule has 0 atom stereocenters.